The van der Waals surface area contributed by atoms with Crippen LogP contribution in [0.4, 0.5) is 0 Å². The van der Waals surface area contributed by atoms with Crippen LogP contribution >= 0.6 is 11.3 Å². The number of nitrogens with zero attached hydrogens (tertiary/aromatic N) is 2. The Morgan fingerprint density at radius 2 is 2.33 bits per heavy atom. The second-order valence-electron chi connectivity index (χ2n) is 5.62. The van der Waals surface area contributed by atoms with E-state index in [0.29, 0.717) is 19.0 Å². The number of furan rings is 1. The van der Waals surface area contributed by atoms with Crippen LogP contribution in [0, 0.1) is 0 Å². The van der Waals surface area contributed by atoms with E-state index in [4.69, 9.17) is 4.42 Å². The van der Waals surface area contributed by atoms with Crippen molar-refractivity contribution in [3.8, 4) is 0 Å². The summed E-state index contributed by atoms with van der Waals surface area (Å²) in [5.74, 6) is 1.65. The maximum absolute atomic E-state index is 12.4. The fourth-order valence-corrected chi connectivity index (χ4v) is 3.60. The van der Waals surface area contributed by atoms with Gasteiger partial charge < -0.3 is 20.0 Å². The van der Waals surface area contributed by atoms with Crippen molar-refractivity contribution >= 4 is 23.2 Å². The number of aliphatic imine (C=N–C) groups is 1. The summed E-state index contributed by atoms with van der Waals surface area (Å²) in [6.07, 6.45) is 3.39. The summed E-state index contributed by atoms with van der Waals surface area (Å²) in [6.45, 7) is 2.45. The lowest BCUT2D eigenvalue weighted by Crippen LogP contribution is -2.46. The summed E-state index contributed by atoms with van der Waals surface area (Å²) in [7, 11) is 1.70. The van der Waals surface area contributed by atoms with Crippen molar-refractivity contribution in [3.05, 3.63) is 46.0 Å². The molecule has 0 aromatic carbocycles. The molecule has 0 atom stereocenters. The number of rotatable bonds is 5. The van der Waals surface area contributed by atoms with E-state index in [1.165, 1.54) is 10.4 Å². The number of carbonyl (C=O) groups is 1. The normalized spacial score (nSPS) is 14.4. The summed E-state index contributed by atoms with van der Waals surface area (Å²) >= 11 is 1.78. The van der Waals surface area contributed by atoms with E-state index >= 15 is 0 Å². The standard InChI is InChI=1S/C17H22N4O2S/c1-18-17(19-7-4-14-3-2-9-23-14)20-11-16(22)21-8-5-15-13(12-21)6-10-24-15/h2-3,6,9-10H,4-5,7-8,11-12H2,1H3,(H2,18,19,20). The molecular weight excluding hydrogens is 324 g/mol. The van der Waals surface area contributed by atoms with Gasteiger partial charge in [0.2, 0.25) is 5.91 Å². The van der Waals surface area contributed by atoms with Gasteiger partial charge in [-0.05, 0) is 35.6 Å². The maximum atomic E-state index is 12.4. The van der Waals surface area contributed by atoms with Gasteiger partial charge in [-0.2, -0.15) is 0 Å². The zero-order valence-electron chi connectivity index (χ0n) is 13.7. The van der Waals surface area contributed by atoms with Gasteiger partial charge in [0.05, 0.1) is 12.8 Å². The van der Waals surface area contributed by atoms with E-state index in [-0.39, 0.29) is 12.5 Å². The zero-order valence-corrected chi connectivity index (χ0v) is 14.6. The average molecular weight is 346 g/mol. The van der Waals surface area contributed by atoms with Crippen LogP contribution in [0.3, 0.4) is 0 Å². The molecule has 0 saturated heterocycles. The third-order valence-electron chi connectivity index (χ3n) is 4.03. The molecule has 0 bridgehead atoms. The van der Waals surface area contributed by atoms with Crippen LogP contribution in [-0.4, -0.2) is 43.4 Å². The fraction of sp³-hybridized carbons (Fsp3) is 0.412. The molecule has 0 aliphatic carbocycles. The number of fused-ring (bicyclic) bond motifs is 1. The average Bonchev–Trinajstić information content (AvgIpc) is 3.28. The van der Waals surface area contributed by atoms with Gasteiger partial charge in [0.15, 0.2) is 5.96 Å². The number of guanidine groups is 1. The van der Waals surface area contributed by atoms with E-state index in [9.17, 15) is 4.79 Å². The van der Waals surface area contributed by atoms with Crippen molar-refractivity contribution in [2.45, 2.75) is 19.4 Å². The largest absolute Gasteiger partial charge is 0.469 e. The number of nitrogens with one attached hydrogen (secondary N) is 2. The van der Waals surface area contributed by atoms with Gasteiger partial charge in [-0.3, -0.25) is 9.79 Å². The lowest BCUT2D eigenvalue weighted by atomic mass is 10.1. The fourth-order valence-electron chi connectivity index (χ4n) is 2.71. The minimum absolute atomic E-state index is 0.0980. The summed E-state index contributed by atoms with van der Waals surface area (Å²) in [6, 6.07) is 5.93. The minimum Gasteiger partial charge on any atom is -0.469 e. The van der Waals surface area contributed by atoms with E-state index in [1.54, 1.807) is 24.6 Å². The van der Waals surface area contributed by atoms with Crippen LogP contribution in [-0.2, 0) is 24.2 Å². The molecule has 0 saturated carbocycles. The third kappa shape index (κ3) is 4.17. The Bertz CT molecular complexity index is 693. The summed E-state index contributed by atoms with van der Waals surface area (Å²) in [4.78, 5) is 19.8. The van der Waals surface area contributed by atoms with Crippen molar-refractivity contribution in [1.82, 2.24) is 15.5 Å². The number of amides is 1. The summed E-state index contributed by atoms with van der Waals surface area (Å²) in [5, 5.41) is 8.37. The van der Waals surface area contributed by atoms with E-state index in [2.05, 4.69) is 27.1 Å². The Morgan fingerprint density at radius 3 is 3.12 bits per heavy atom. The minimum atomic E-state index is 0.0980. The quantitative estimate of drug-likeness (QED) is 0.638. The molecule has 2 N–H and O–H groups in total. The molecule has 1 aliphatic rings. The van der Waals surface area contributed by atoms with Crippen LogP contribution < -0.4 is 10.6 Å². The third-order valence-corrected chi connectivity index (χ3v) is 5.06. The molecule has 2 aromatic rings. The molecule has 3 rings (SSSR count). The van der Waals surface area contributed by atoms with Crippen molar-refractivity contribution in [2.75, 3.05) is 26.7 Å². The van der Waals surface area contributed by atoms with Gasteiger partial charge in [0, 0.05) is 38.0 Å². The van der Waals surface area contributed by atoms with Gasteiger partial charge in [-0.15, -0.1) is 11.3 Å². The Labute approximate surface area is 145 Å². The predicted molar refractivity (Wildman–Crippen MR) is 95.2 cm³/mol. The molecule has 128 valence electrons. The lowest BCUT2D eigenvalue weighted by Gasteiger charge is -2.27. The Balaban J connectivity index is 1.41. The van der Waals surface area contributed by atoms with Gasteiger partial charge in [0.25, 0.3) is 0 Å². The van der Waals surface area contributed by atoms with Crippen molar-refractivity contribution < 1.29 is 9.21 Å². The first-order valence-electron chi connectivity index (χ1n) is 8.06. The molecular formula is C17H22N4O2S. The van der Waals surface area contributed by atoms with E-state index in [0.717, 1.165) is 25.1 Å². The van der Waals surface area contributed by atoms with Crippen molar-refractivity contribution in [1.29, 1.82) is 0 Å². The summed E-state index contributed by atoms with van der Waals surface area (Å²) < 4.78 is 5.29. The lowest BCUT2D eigenvalue weighted by molar-refractivity contribution is -0.130. The number of hydrogen-bond acceptors (Lipinski definition) is 4. The highest BCUT2D eigenvalue weighted by Crippen LogP contribution is 2.23. The molecule has 0 radical (unpaired) electrons. The smallest absolute Gasteiger partial charge is 0.242 e. The molecule has 7 heteroatoms. The highest BCUT2D eigenvalue weighted by molar-refractivity contribution is 7.10. The molecule has 3 heterocycles. The Morgan fingerprint density at radius 1 is 1.42 bits per heavy atom. The van der Waals surface area contributed by atoms with E-state index in [1.807, 2.05) is 17.0 Å². The highest BCUT2D eigenvalue weighted by atomic mass is 32.1. The Kier molecular flexibility index (Phi) is 5.53. The van der Waals surface area contributed by atoms with Gasteiger partial charge in [0.1, 0.15) is 5.76 Å². The first-order chi connectivity index (χ1) is 11.8. The predicted octanol–water partition coefficient (Wildman–Crippen LogP) is 1.63. The molecule has 2 aromatic heterocycles. The summed E-state index contributed by atoms with van der Waals surface area (Å²) in [5.41, 5.74) is 1.28. The monoisotopic (exact) mass is 346 g/mol. The van der Waals surface area contributed by atoms with Gasteiger partial charge in [-0.1, -0.05) is 0 Å². The van der Waals surface area contributed by atoms with Crippen LogP contribution in [0.1, 0.15) is 16.2 Å². The maximum Gasteiger partial charge on any atom is 0.242 e. The number of thiophene rings is 1. The van der Waals surface area contributed by atoms with Crippen LogP contribution in [0.2, 0.25) is 0 Å². The van der Waals surface area contributed by atoms with Gasteiger partial charge in [-0.25, -0.2) is 0 Å². The molecule has 6 nitrogen and oxygen atoms in total. The Hall–Kier alpha value is -2.28. The van der Waals surface area contributed by atoms with Crippen molar-refractivity contribution in [2.24, 2.45) is 4.99 Å². The highest BCUT2D eigenvalue weighted by Gasteiger charge is 2.21. The first kappa shape index (κ1) is 16.6. The second kappa shape index (κ2) is 8.01. The second-order valence-corrected chi connectivity index (χ2v) is 6.62. The van der Waals surface area contributed by atoms with Crippen LogP contribution in [0.15, 0.2) is 39.3 Å². The van der Waals surface area contributed by atoms with Crippen molar-refractivity contribution in [3.63, 3.8) is 0 Å². The molecule has 1 aliphatic heterocycles. The first-order valence-corrected chi connectivity index (χ1v) is 8.94. The SMILES string of the molecule is CN=C(NCCc1ccco1)NCC(=O)N1CCc2sccc2C1. The zero-order chi connectivity index (χ0) is 16.8. The molecule has 24 heavy (non-hydrogen) atoms. The molecule has 0 spiro atoms. The number of hydrogen-bond donors (Lipinski definition) is 2. The molecule has 0 fully saturated rings. The topological polar surface area (TPSA) is 69.9 Å². The molecule has 0 unspecified atom stereocenters. The van der Waals surface area contributed by atoms with Gasteiger partial charge >= 0.3 is 0 Å². The number of carbonyl (C=O) groups excluding carboxylic acids is 1. The van der Waals surface area contributed by atoms with E-state index < -0.39 is 0 Å². The molecule has 1 amide bonds. The van der Waals surface area contributed by atoms with Crippen LogP contribution in [0.25, 0.3) is 0 Å². The van der Waals surface area contributed by atoms with Crippen LogP contribution in [0.5, 0.6) is 0 Å².